The Morgan fingerprint density at radius 1 is 1.14 bits per heavy atom. The van der Waals surface area contributed by atoms with Gasteiger partial charge < -0.3 is 5.11 Å². The number of benzene rings is 2. The van der Waals surface area contributed by atoms with Crippen molar-refractivity contribution in [3.05, 3.63) is 71.3 Å². The Balaban J connectivity index is 1.83. The Kier molecular flexibility index (Phi) is 7.43. The predicted molar refractivity (Wildman–Crippen MR) is 136 cm³/mol. The number of hydrogen-bond donors (Lipinski definition) is 1. The molecule has 0 saturated carbocycles. The molecule has 1 N–H and O–H groups in total. The standard InChI is InChI=1S/C26H19F4N3O2S2/c1-14(2)36-24-21(17-9-7-16(8-10-17)11-12-26(28,29)30)31-25(37-24)33-22(23(34)35)20(15(3)32-33)18-5-4-6-19(27)13-18/h4-10,13-14H,1-3H3,(H,34,35). The molecular formula is C26H19F4N3O2S2. The Labute approximate surface area is 218 Å². The summed E-state index contributed by atoms with van der Waals surface area (Å²) in [5.74, 6) is 1.58. The summed E-state index contributed by atoms with van der Waals surface area (Å²) in [5, 5.41) is 14.9. The highest BCUT2D eigenvalue weighted by atomic mass is 32.2. The summed E-state index contributed by atoms with van der Waals surface area (Å²) in [6, 6.07) is 11.8. The highest BCUT2D eigenvalue weighted by Gasteiger charge is 2.27. The molecule has 2 aromatic heterocycles. The molecule has 37 heavy (non-hydrogen) atoms. The maximum Gasteiger partial charge on any atom is 0.458 e. The smallest absolute Gasteiger partial charge is 0.458 e. The van der Waals surface area contributed by atoms with E-state index < -0.39 is 18.0 Å². The van der Waals surface area contributed by atoms with Gasteiger partial charge in [-0.25, -0.2) is 14.2 Å². The van der Waals surface area contributed by atoms with E-state index in [4.69, 9.17) is 0 Å². The number of carbonyl (C=O) groups is 1. The molecule has 5 nitrogen and oxygen atoms in total. The zero-order valence-electron chi connectivity index (χ0n) is 19.7. The first-order valence-electron chi connectivity index (χ1n) is 10.9. The van der Waals surface area contributed by atoms with Crippen LogP contribution in [0.1, 0.15) is 35.6 Å². The van der Waals surface area contributed by atoms with Crippen LogP contribution in [0.25, 0.3) is 27.5 Å². The van der Waals surface area contributed by atoms with Crippen LogP contribution < -0.4 is 0 Å². The molecule has 0 aliphatic heterocycles. The summed E-state index contributed by atoms with van der Waals surface area (Å²) in [6.45, 7) is 5.63. The lowest BCUT2D eigenvalue weighted by Crippen LogP contribution is -2.09. The van der Waals surface area contributed by atoms with Gasteiger partial charge in [-0.2, -0.15) is 23.0 Å². The number of thioether (sulfide) groups is 1. The average molecular weight is 546 g/mol. The van der Waals surface area contributed by atoms with E-state index in [2.05, 4.69) is 16.0 Å². The van der Waals surface area contributed by atoms with Crippen LogP contribution in [0.2, 0.25) is 0 Å². The summed E-state index contributed by atoms with van der Waals surface area (Å²) in [5.41, 5.74) is 2.29. The number of carboxylic acids is 1. The first-order chi connectivity index (χ1) is 17.4. The van der Waals surface area contributed by atoms with Gasteiger partial charge in [0.25, 0.3) is 0 Å². The van der Waals surface area contributed by atoms with E-state index in [-0.39, 0.29) is 22.1 Å². The van der Waals surface area contributed by atoms with Crippen molar-refractivity contribution in [3.8, 4) is 39.4 Å². The zero-order chi connectivity index (χ0) is 26.9. The van der Waals surface area contributed by atoms with Crippen LogP contribution in [0.4, 0.5) is 17.6 Å². The number of aryl methyl sites for hydroxylation is 1. The molecule has 0 unspecified atom stereocenters. The highest BCUT2D eigenvalue weighted by molar-refractivity contribution is 8.01. The van der Waals surface area contributed by atoms with Crippen LogP contribution >= 0.6 is 23.1 Å². The molecule has 0 amide bonds. The second kappa shape index (κ2) is 10.4. The molecule has 0 aliphatic carbocycles. The van der Waals surface area contributed by atoms with Gasteiger partial charge in [0.05, 0.1) is 15.6 Å². The Bertz CT molecular complexity index is 1530. The molecule has 11 heteroatoms. The van der Waals surface area contributed by atoms with Crippen molar-refractivity contribution in [2.75, 3.05) is 0 Å². The summed E-state index contributed by atoms with van der Waals surface area (Å²) >= 11 is 2.76. The molecule has 0 aliphatic rings. The maximum atomic E-state index is 13.9. The Morgan fingerprint density at radius 3 is 2.43 bits per heavy atom. The number of thiazole rings is 1. The normalized spacial score (nSPS) is 11.5. The van der Waals surface area contributed by atoms with Gasteiger partial charge in [0.15, 0.2) is 5.69 Å². The molecule has 190 valence electrons. The Hall–Kier alpha value is -3.62. The third-order valence-electron chi connectivity index (χ3n) is 4.99. The van der Waals surface area contributed by atoms with E-state index in [0.29, 0.717) is 27.6 Å². The van der Waals surface area contributed by atoms with Gasteiger partial charge in [-0.15, -0.1) is 11.8 Å². The van der Waals surface area contributed by atoms with Crippen LogP contribution in [0.15, 0.2) is 52.7 Å². The fourth-order valence-electron chi connectivity index (χ4n) is 3.57. The van der Waals surface area contributed by atoms with Crippen molar-refractivity contribution in [3.63, 3.8) is 0 Å². The van der Waals surface area contributed by atoms with Gasteiger partial charge >= 0.3 is 12.1 Å². The summed E-state index contributed by atoms with van der Waals surface area (Å²) in [4.78, 5) is 17.0. The van der Waals surface area contributed by atoms with Gasteiger partial charge in [0.1, 0.15) is 5.82 Å². The van der Waals surface area contributed by atoms with Crippen molar-refractivity contribution in [2.45, 2.75) is 36.4 Å². The summed E-state index contributed by atoms with van der Waals surface area (Å²) < 4.78 is 53.2. The first kappa shape index (κ1) is 26.4. The topological polar surface area (TPSA) is 68.0 Å². The van der Waals surface area contributed by atoms with E-state index in [1.807, 2.05) is 13.8 Å². The average Bonchev–Trinajstić information content (AvgIpc) is 3.38. The van der Waals surface area contributed by atoms with Crippen molar-refractivity contribution in [1.82, 2.24) is 14.8 Å². The van der Waals surface area contributed by atoms with Crippen molar-refractivity contribution < 1.29 is 27.5 Å². The number of alkyl halides is 3. The van der Waals surface area contributed by atoms with E-state index in [1.54, 1.807) is 25.1 Å². The molecule has 0 atom stereocenters. The van der Waals surface area contributed by atoms with Crippen molar-refractivity contribution in [1.29, 1.82) is 0 Å². The molecule has 4 rings (SSSR count). The molecule has 2 aromatic carbocycles. The quantitative estimate of drug-likeness (QED) is 0.157. The molecule has 0 radical (unpaired) electrons. The predicted octanol–water partition coefficient (Wildman–Crippen LogP) is 7.22. The second-order valence-corrected chi connectivity index (χ2v) is 11.0. The third kappa shape index (κ3) is 6.03. The minimum absolute atomic E-state index is 0.151. The maximum absolute atomic E-state index is 13.9. The van der Waals surface area contributed by atoms with Gasteiger partial charge in [0.2, 0.25) is 5.13 Å². The SMILES string of the molecule is Cc1nn(-c2nc(-c3ccc(C#CC(F)(F)F)cc3)c(SC(C)C)s2)c(C(=O)O)c1-c1cccc(F)c1. The molecular weight excluding hydrogens is 526 g/mol. The second-order valence-electron chi connectivity index (χ2n) is 8.16. The third-order valence-corrected chi connectivity index (χ3v) is 7.23. The number of nitrogens with zero attached hydrogens (tertiary/aromatic N) is 3. The molecule has 0 saturated heterocycles. The van der Waals surface area contributed by atoms with Crippen LogP contribution in [-0.4, -0.2) is 37.3 Å². The van der Waals surface area contributed by atoms with Gasteiger partial charge in [-0.3, -0.25) is 0 Å². The minimum atomic E-state index is -4.59. The van der Waals surface area contributed by atoms with E-state index >= 15 is 0 Å². The number of aromatic carboxylic acids is 1. The monoisotopic (exact) mass is 545 g/mol. The minimum Gasteiger partial charge on any atom is -0.476 e. The fraction of sp³-hybridized carbons (Fsp3) is 0.192. The number of hydrogen-bond acceptors (Lipinski definition) is 5. The molecule has 0 fully saturated rings. The summed E-state index contributed by atoms with van der Waals surface area (Å²) in [7, 11) is 0. The number of carboxylic acid groups (broad SMARTS) is 1. The van der Waals surface area contributed by atoms with Crippen molar-refractivity contribution >= 4 is 29.1 Å². The van der Waals surface area contributed by atoms with Crippen LogP contribution in [0, 0.1) is 24.6 Å². The van der Waals surface area contributed by atoms with Gasteiger partial charge in [-0.1, -0.05) is 55.4 Å². The number of halogens is 4. The molecule has 0 bridgehead atoms. The van der Waals surface area contributed by atoms with E-state index in [9.17, 15) is 27.5 Å². The van der Waals surface area contributed by atoms with E-state index in [0.717, 1.165) is 4.21 Å². The number of aromatic nitrogens is 3. The fourth-order valence-corrected chi connectivity index (χ4v) is 6.05. The first-order valence-corrected chi connectivity index (χ1v) is 12.6. The molecule has 0 spiro atoms. The van der Waals surface area contributed by atoms with Crippen LogP contribution in [-0.2, 0) is 0 Å². The zero-order valence-corrected chi connectivity index (χ0v) is 21.4. The summed E-state index contributed by atoms with van der Waals surface area (Å²) in [6.07, 6.45) is -4.59. The van der Waals surface area contributed by atoms with Crippen molar-refractivity contribution in [2.24, 2.45) is 0 Å². The molecule has 2 heterocycles. The van der Waals surface area contributed by atoms with Gasteiger partial charge in [-0.05, 0) is 36.8 Å². The largest absolute Gasteiger partial charge is 0.476 e. The molecule has 4 aromatic rings. The number of rotatable bonds is 6. The van der Waals surface area contributed by atoms with Crippen LogP contribution in [0.5, 0.6) is 0 Å². The van der Waals surface area contributed by atoms with Gasteiger partial charge in [0, 0.05) is 27.9 Å². The highest BCUT2D eigenvalue weighted by Crippen LogP contribution is 2.41. The van der Waals surface area contributed by atoms with E-state index in [1.165, 1.54) is 64.0 Å². The lowest BCUT2D eigenvalue weighted by Gasteiger charge is -2.05. The lowest BCUT2D eigenvalue weighted by molar-refractivity contribution is -0.0696. The lowest BCUT2D eigenvalue weighted by atomic mass is 10.0. The Morgan fingerprint density at radius 2 is 1.84 bits per heavy atom. The van der Waals surface area contributed by atoms with Crippen LogP contribution in [0.3, 0.4) is 0 Å².